The number of ether oxygens (including phenoxy) is 1. The molecule has 2 amide bonds. The van der Waals surface area contributed by atoms with Crippen molar-refractivity contribution in [3.05, 3.63) is 66.2 Å². The maximum absolute atomic E-state index is 14.1. The first-order valence-electron chi connectivity index (χ1n) is 16.1. The van der Waals surface area contributed by atoms with Crippen LogP contribution in [0.2, 0.25) is 0 Å². The molecule has 2 aromatic carbocycles. The fourth-order valence-electron chi connectivity index (χ4n) is 7.86. The first kappa shape index (κ1) is 30.2. The van der Waals surface area contributed by atoms with Crippen LogP contribution < -0.4 is 10.6 Å². The Bertz CT molecular complexity index is 1260. The number of hydrogen-bond donors (Lipinski definition) is 2. The van der Waals surface area contributed by atoms with E-state index in [9.17, 15) is 9.59 Å². The van der Waals surface area contributed by atoms with Crippen LogP contribution in [0.5, 0.6) is 0 Å². The molecular formula is C34H46BN3O5. The van der Waals surface area contributed by atoms with Crippen LogP contribution in [-0.2, 0) is 30.1 Å². The van der Waals surface area contributed by atoms with Gasteiger partial charge in [-0.3, -0.25) is 9.59 Å². The summed E-state index contributed by atoms with van der Waals surface area (Å²) in [6, 6.07) is 19.3. The third kappa shape index (κ3) is 6.35. The summed E-state index contributed by atoms with van der Waals surface area (Å²) in [5.74, 6) is 0.480. The highest BCUT2D eigenvalue weighted by Gasteiger charge is 2.68. The zero-order valence-corrected chi connectivity index (χ0v) is 25.8. The number of rotatable bonds is 11. The third-order valence-corrected chi connectivity index (χ3v) is 10.6. The largest absolute Gasteiger partial charge is 0.481 e. The van der Waals surface area contributed by atoms with Crippen molar-refractivity contribution in [1.29, 1.82) is 0 Å². The van der Waals surface area contributed by atoms with Gasteiger partial charge in [0.05, 0.1) is 37.3 Å². The van der Waals surface area contributed by atoms with Crippen LogP contribution in [0.3, 0.4) is 0 Å². The molecule has 0 spiro atoms. The second kappa shape index (κ2) is 12.6. The van der Waals surface area contributed by atoms with Crippen LogP contribution in [0.25, 0.3) is 0 Å². The van der Waals surface area contributed by atoms with Gasteiger partial charge in [-0.2, -0.15) is 0 Å². The Morgan fingerprint density at radius 3 is 2.40 bits per heavy atom. The van der Waals surface area contributed by atoms with E-state index in [0.717, 1.165) is 24.9 Å². The van der Waals surface area contributed by atoms with E-state index in [1.165, 1.54) is 12.0 Å². The lowest BCUT2D eigenvalue weighted by Gasteiger charge is -2.64. The fourth-order valence-corrected chi connectivity index (χ4v) is 7.86. The van der Waals surface area contributed by atoms with Crippen molar-refractivity contribution in [2.45, 2.75) is 83.0 Å². The standard InChI is InChI=1S/C34H46BN3O5/c1-33(2)25-21-28(33)34(3)29(22-25)42-35(43-34)30(16-10-13-24-11-6-4-7-12-24)37-32(40)27(36-26-14-8-5-9-15-26)23-31(39)38-17-19-41-20-18-38/h4-9,11-12,14-15,25,27-30,36H,10,13,16-23H2,1-3H3,(H,37,40)/t25-,27+,28-,29+,30-,34-/m0/s1. The highest BCUT2D eigenvalue weighted by molar-refractivity contribution is 6.48. The predicted molar refractivity (Wildman–Crippen MR) is 167 cm³/mol. The molecule has 43 heavy (non-hydrogen) atoms. The monoisotopic (exact) mass is 587 g/mol. The number of nitrogens with zero attached hydrogens (tertiary/aromatic N) is 1. The van der Waals surface area contributed by atoms with Crippen molar-refractivity contribution in [3.63, 3.8) is 0 Å². The van der Waals surface area contributed by atoms with Gasteiger partial charge in [-0.25, -0.2) is 0 Å². The summed E-state index contributed by atoms with van der Waals surface area (Å²) in [6.45, 7) is 9.05. The summed E-state index contributed by atoms with van der Waals surface area (Å²) < 4.78 is 18.9. The summed E-state index contributed by atoms with van der Waals surface area (Å²) in [6.07, 6.45) is 4.74. The molecule has 230 valence electrons. The lowest BCUT2D eigenvalue weighted by molar-refractivity contribution is -0.199. The Balaban J connectivity index is 1.19. The van der Waals surface area contributed by atoms with Crippen molar-refractivity contribution in [3.8, 4) is 0 Å². The van der Waals surface area contributed by atoms with Crippen LogP contribution in [0.4, 0.5) is 5.69 Å². The van der Waals surface area contributed by atoms with Gasteiger partial charge in [-0.15, -0.1) is 0 Å². The fraction of sp³-hybridized carbons (Fsp3) is 0.588. The van der Waals surface area contributed by atoms with Gasteiger partial charge in [0.15, 0.2) is 0 Å². The van der Waals surface area contributed by atoms with E-state index < -0.39 is 13.2 Å². The van der Waals surface area contributed by atoms with Crippen molar-refractivity contribution in [2.75, 3.05) is 31.6 Å². The summed E-state index contributed by atoms with van der Waals surface area (Å²) >= 11 is 0. The Kier molecular flexibility index (Phi) is 8.85. The molecule has 2 bridgehead atoms. The number of carbonyl (C=O) groups excluding carboxylic acids is 2. The summed E-state index contributed by atoms with van der Waals surface area (Å²) in [5.41, 5.74) is 1.94. The second-order valence-electron chi connectivity index (χ2n) is 13.6. The topological polar surface area (TPSA) is 89.1 Å². The highest BCUT2D eigenvalue weighted by atomic mass is 16.7. The van der Waals surface area contributed by atoms with Crippen molar-refractivity contribution in [1.82, 2.24) is 10.2 Å². The maximum atomic E-state index is 14.1. The zero-order chi connectivity index (χ0) is 30.0. The van der Waals surface area contributed by atoms with E-state index in [-0.39, 0.29) is 41.3 Å². The molecule has 2 heterocycles. The number of carbonyl (C=O) groups is 2. The molecule has 7 rings (SSSR count). The molecule has 8 nitrogen and oxygen atoms in total. The molecular weight excluding hydrogens is 541 g/mol. The Morgan fingerprint density at radius 2 is 1.70 bits per heavy atom. The zero-order valence-electron chi connectivity index (χ0n) is 25.8. The van der Waals surface area contributed by atoms with E-state index in [4.69, 9.17) is 14.0 Å². The Morgan fingerprint density at radius 1 is 1.00 bits per heavy atom. The van der Waals surface area contributed by atoms with Gasteiger partial charge in [0.1, 0.15) is 6.04 Å². The minimum absolute atomic E-state index is 0.0314. The number of para-hydroxylation sites is 1. The summed E-state index contributed by atoms with van der Waals surface area (Å²) in [5, 5.41) is 6.64. The predicted octanol–water partition coefficient (Wildman–Crippen LogP) is 4.49. The number of morpholine rings is 1. The molecule has 3 saturated carbocycles. The van der Waals surface area contributed by atoms with Gasteiger partial charge in [-0.05, 0) is 74.0 Å². The molecule has 0 unspecified atom stereocenters. The average Bonchev–Trinajstić information content (AvgIpc) is 3.39. The number of benzene rings is 2. The lowest BCUT2D eigenvalue weighted by Crippen LogP contribution is -2.65. The van der Waals surface area contributed by atoms with Crippen LogP contribution in [-0.4, -0.2) is 73.8 Å². The summed E-state index contributed by atoms with van der Waals surface area (Å²) in [4.78, 5) is 29.1. The first-order valence-corrected chi connectivity index (χ1v) is 16.1. The molecule has 2 saturated heterocycles. The van der Waals surface area contributed by atoms with Gasteiger partial charge < -0.3 is 29.6 Å². The Hall–Kier alpha value is -2.88. The van der Waals surface area contributed by atoms with E-state index in [0.29, 0.717) is 44.6 Å². The van der Waals surface area contributed by atoms with Gasteiger partial charge in [0.2, 0.25) is 11.8 Å². The van der Waals surface area contributed by atoms with Gasteiger partial charge in [-0.1, -0.05) is 62.4 Å². The first-order chi connectivity index (χ1) is 20.7. The molecule has 3 aliphatic carbocycles. The lowest BCUT2D eigenvalue weighted by atomic mass is 9.43. The number of hydrogen-bond acceptors (Lipinski definition) is 6. The van der Waals surface area contributed by atoms with Gasteiger partial charge in [0.25, 0.3) is 0 Å². The van der Waals surface area contributed by atoms with Crippen LogP contribution >= 0.6 is 0 Å². The van der Waals surface area contributed by atoms with Gasteiger partial charge in [0, 0.05) is 18.8 Å². The maximum Gasteiger partial charge on any atom is 0.481 e. The third-order valence-electron chi connectivity index (χ3n) is 10.6. The van der Waals surface area contributed by atoms with Crippen LogP contribution in [0.1, 0.15) is 58.4 Å². The van der Waals surface area contributed by atoms with E-state index in [2.05, 4.69) is 55.7 Å². The molecule has 2 aromatic rings. The number of aryl methyl sites for hydroxylation is 1. The smallest absolute Gasteiger partial charge is 0.404 e. The minimum Gasteiger partial charge on any atom is -0.404 e. The van der Waals surface area contributed by atoms with Crippen molar-refractivity contribution >= 4 is 24.6 Å². The molecule has 0 radical (unpaired) electrons. The molecule has 6 atom stereocenters. The number of anilines is 1. The van der Waals surface area contributed by atoms with Crippen molar-refractivity contribution < 1.29 is 23.6 Å². The molecule has 9 heteroatoms. The number of amides is 2. The molecule has 2 N–H and O–H groups in total. The average molecular weight is 588 g/mol. The SMILES string of the molecule is CC1(C)[C@@H]2C[C@H]3OB([C@H](CCCc4ccccc4)NC(=O)[C@@H](CC(=O)N4CCOCC4)Nc4ccccc4)O[C@@]3(C)[C@H]1C2. The van der Waals surface area contributed by atoms with E-state index in [1.54, 1.807) is 4.90 Å². The van der Waals surface area contributed by atoms with Crippen molar-refractivity contribution in [2.24, 2.45) is 17.3 Å². The normalized spacial score (nSPS) is 28.8. The van der Waals surface area contributed by atoms with Gasteiger partial charge >= 0.3 is 7.12 Å². The van der Waals surface area contributed by atoms with E-state index in [1.807, 2.05) is 36.4 Å². The molecule has 2 aliphatic heterocycles. The summed E-state index contributed by atoms with van der Waals surface area (Å²) in [7, 11) is -0.530. The van der Waals surface area contributed by atoms with E-state index >= 15 is 0 Å². The van der Waals surface area contributed by atoms with Crippen LogP contribution in [0, 0.1) is 17.3 Å². The molecule has 5 fully saturated rings. The minimum atomic E-state index is -0.736. The quantitative estimate of drug-likeness (QED) is 0.377. The number of nitrogens with one attached hydrogen (secondary N) is 2. The second-order valence-corrected chi connectivity index (χ2v) is 13.6. The molecule has 5 aliphatic rings. The van der Waals surface area contributed by atoms with Crippen LogP contribution in [0.15, 0.2) is 60.7 Å². The Labute approximate surface area is 256 Å². The molecule has 0 aromatic heterocycles. The highest BCUT2D eigenvalue weighted by Crippen LogP contribution is 2.65.